The fourth-order valence-corrected chi connectivity index (χ4v) is 3.15. The van der Waals surface area contributed by atoms with Crippen molar-refractivity contribution in [2.24, 2.45) is 17.6 Å². The van der Waals surface area contributed by atoms with Gasteiger partial charge < -0.3 is 25.8 Å². The maximum absolute atomic E-state index is 11.6. The average Bonchev–Trinajstić information content (AvgIpc) is 2.34. The summed E-state index contributed by atoms with van der Waals surface area (Å²) >= 11 is 0. The molecule has 0 aliphatic heterocycles. The lowest BCUT2D eigenvalue weighted by Gasteiger charge is -2.42. The lowest BCUT2D eigenvalue weighted by Crippen LogP contribution is -2.57. The number of carboxylic acid groups (broad SMARTS) is 1. The van der Waals surface area contributed by atoms with Gasteiger partial charge in [-0.1, -0.05) is 12.8 Å². The Balaban J connectivity index is 2.64. The topological polar surface area (TPSA) is 107 Å². The minimum Gasteiger partial charge on any atom is -0.480 e. The van der Waals surface area contributed by atoms with Crippen molar-refractivity contribution >= 4 is 13.1 Å². The number of hydrogen-bond donors (Lipinski definition) is 4. The van der Waals surface area contributed by atoms with E-state index < -0.39 is 18.6 Å². The van der Waals surface area contributed by atoms with Crippen LogP contribution in [0.5, 0.6) is 0 Å². The quantitative estimate of drug-likeness (QED) is 0.491. The van der Waals surface area contributed by atoms with Crippen LogP contribution >= 0.6 is 0 Å². The van der Waals surface area contributed by atoms with E-state index in [2.05, 4.69) is 0 Å². The first kappa shape index (κ1) is 17.4. The van der Waals surface area contributed by atoms with Gasteiger partial charge in [-0.3, -0.25) is 4.79 Å². The second kappa shape index (κ2) is 7.40. The first-order valence-electron chi connectivity index (χ1n) is 7.29. The first-order valence-corrected chi connectivity index (χ1v) is 7.29. The Bertz CT molecular complexity index is 327. The van der Waals surface area contributed by atoms with E-state index in [1.54, 1.807) is 0 Å². The van der Waals surface area contributed by atoms with Crippen LogP contribution in [-0.4, -0.2) is 59.3 Å². The summed E-state index contributed by atoms with van der Waals surface area (Å²) in [5.74, 6) is -0.790. The van der Waals surface area contributed by atoms with Crippen molar-refractivity contribution in [3.05, 3.63) is 0 Å². The zero-order valence-corrected chi connectivity index (χ0v) is 12.5. The molecule has 7 heteroatoms. The van der Waals surface area contributed by atoms with Gasteiger partial charge in [-0.05, 0) is 58.1 Å². The lowest BCUT2D eigenvalue weighted by atomic mass is 9.65. The fraction of sp³-hybridized carbons (Fsp3) is 0.923. The zero-order valence-electron chi connectivity index (χ0n) is 12.5. The van der Waals surface area contributed by atoms with Gasteiger partial charge in [0, 0.05) is 0 Å². The number of nitrogens with zero attached hydrogens (tertiary/aromatic N) is 1. The summed E-state index contributed by atoms with van der Waals surface area (Å²) in [7, 11) is 2.61. The highest BCUT2D eigenvalue weighted by Gasteiger charge is 2.46. The standard InChI is InChI=1S/C13H27BN2O4/c1-16(2)8-6-11-4-3-10(5-7-14(19)20)9-13(11,15)12(17)18/h10-11,19-20H,3-9,15H2,1-2H3,(H,17,18)/t10-,11+,13+/m0/s1. The van der Waals surface area contributed by atoms with Crippen LogP contribution in [0.3, 0.4) is 0 Å². The Morgan fingerprint density at radius 1 is 1.35 bits per heavy atom. The molecular weight excluding hydrogens is 259 g/mol. The highest BCUT2D eigenvalue weighted by atomic mass is 16.4. The van der Waals surface area contributed by atoms with E-state index in [-0.39, 0.29) is 18.2 Å². The molecule has 1 aliphatic rings. The molecule has 3 atom stereocenters. The van der Waals surface area contributed by atoms with Gasteiger partial charge in [0.05, 0.1) is 0 Å². The predicted octanol–water partition coefficient (Wildman–Crippen LogP) is -0.000600. The van der Waals surface area contributed by atoms with Crippen molar-refractivity contribution in [2.45, 2.75) is 44.0 Å². The normalized spacial score (nSPS) is 30.5. The molecular formula is C13H27BN2O4. The molecule has 0 spiro atoms. The van der Waals surface area contributed by atoms with Gasteiger partial charge in [-0.25, -0.2) is 0 Å². The maximum Gasteiger partial charge on any atom is 0.451 e. The summed E-state index contributed by atoms with van der Waals surface area (Å²) in [6.45, 7) is 0.830. The van der Waals surface area contributed by atoms with E-state index >= 15 is 0 Å². The smallest absolute Gasteiger partial charge is 0.451 e. The number of carbonyl (C=O) groups is 1. The summed E-state index contributed by atoms with van der Waals surface area (Å²) in [6.07, 6.45) is 3.81. The summed E-state index contributed by atoms with van der Waals surface area (Å²) in [5, 5.41) is 27.3. The number of hydrogen-bond acceptors (Lipinski definition) is 5. The summed E-state index contributed by atoms with van der Waals surface area (Å²) < 4.78 is 0. The number of rotatable bonds is 7. The molecule has 6 nitrogen and oxygen atoms in total. The Morgan fingerprint density at radius 2 is 2.00 bits per heavy atom. The molecule has 20 heavy (non-hydrogen) atoms. The highest BCUT2D eigenvalue weighted by molar-refractivity contribution is 6.40. The molecule has 0 unspecified atom stereocenters. The van der Waals surface area contributed by atoms with Crippen LogP contribution in [0.2, 0.25) is 6.32 Å². The number of aliphatic carboxylic acids is 1. The monoisotopic (exact) mass is 286 g/mol. The van der Waals surface area contributed by atoms with Gasteiger partial charge in [-0.2, -0.15) is 0 Å². The largest absolute Gasteiger partial charge is 0.480 e. The molecule has 0 aromatic carbocycles. The number of carboxylic acids is 1. The van der Waals surface area contributed by atoms with Crippen LogP contribution in [0.4, 0.5) is 0 Å². The lowest BCUT2D eigenvalue weighted by molar-refractivity contribution is -0.148. The molecule has 1 aliphatic carbocycles. The molecule has 5 N–H and O–H groups in total. The van der Waals surface area contributed by atoms with Crippen LogP contribution in [0.1, 0.15) is 32.1 Å². The van der Waals surface area contributed by atoms with Crippen molar-refractivity contribution < 1.29 is 19.9 Å². The van der Waals surface area contributed by atoms with Gasteiger partial charge in [0.25, 0.3) is 0 Å². The second-order valence-corrected chi connectivity index (χ2v) is 6.34. The molecule has 0 aromatic heterocycles. The van der Waals surface area contributed by atoms with E-state index in [1.807, 2.05) is 19.0 Å². The van der Waals surface area contributed by atoms with Crippen LogP contribution < -0.4 is 5.73 Å². The van der Waals surface area contributed by atoms with Crippen molar-refractivity contribution in [2.75, 3.05) is 20.6 Å². The highest BCUT2D eigenvalue weighted by Crippen LogP contribution is 2.39. The van der Waals surface area contributed by atoms with Crippen molar-refractivity contribution in [1.82, 2.24) is 4.90 Å². The van der Waals surface area contributed by atoms with E-state index in [9.17, 15) is 9.90 Å². The van der Waals surface area contributed by atoms with E-state index in [4.69, 9.17) is 15.8 Å². The van der Waals surface area contributed by atoms with Crippen molar-refractivity contribution in [3.8, 4) is 0 Å². The predicted molar refractivity (Wildman–Crippen MR) is 78.2 cm³/mol. The average molecular weight is 286 g/mol. The molecule has 0 heterocycles. The third-order valence-electron chi connectivity index (χ3n) is 4.43. The fourth-order valence-electron chi connectivity index (χ4n) is 3.15. The summed E-state index contributed by atoms with van der Waals surface area (Å²) in [4.78, 5) is 13.6. The van der Waals surface area contributed by atoms with Gasteiger partial charge in [0.15, 0.2) is 0 Å². The van der Waals surface area contributed by atoms with E-state index in [0.29, 0.717) is 12.8 Å². The Labute approximate surface area is 121 Å². The molecule has 0 saturated heterocycles. The third-order valence-corrected chi connectivity index (χ3v) is 4.43. The van der Waals surface area contributed by atoms with Crippen molar-refractivity contribution in [3.63, 3.8) is 0 Å². The van der Waals surface area contributed by atoms with Crippen LogP contribution in [0, 0.1) is 11.8 Å². The molecule has 1 rings (SSSR count). The Hall–Kier alpha value is -0.625. The second-order valence-electron chi connectivity index (χ2n) is 6.34. The van der Waals surface area contributed by atoms with Gasteiger partial charge in [0.2, 0.25) is 0 Å². The van der Waals surface area contributed by atoms with E-state index in [0.717, 1.165) is 25.8 Å². The number of nitrogens with two attached hydrogens (primary N) is 1. The molecule has 0 radical (unpaired) electrons. The zero-order chi connectivity index (χ0) is 15.3. The minimum atomic E-state index is -1.32. The molecule has 0 aromatic rings. The third kappa shape index (κ3) is 4.73. The van der Waals surface area contributed by atoms with Crippen LogP contribution in [0.25, 0.3) is 0 Å². The SMILES string of the molecule is CN(C)CC[C@H]1CC[C@@H](CCB(O)O)C[C@]1(N)C(=O)O. The molecule has 1 saturated carbocycles. The molecule has 116 valence electrons. The van der Waals surface area contributed by atoms with Crippen LogP contribution in [0.15, 0.2) is 0 Å². The van der Waals surface area contributed by atoms with Crippen molar-refractivity contribution in [1.29, 1.82) is 0 Å². The minimum absolute atomic E-state index is 0.0160. The molecule has 1 fully saturated rings. The summed E-state index contributed by atoms with van der Waals surface area (Å²) in [5.41, 5.74) is 5.00. The van der Waals surface area contributed by atoms with Gasteiger partial charge in [-0.15, -0.1) is 0 Å². The maximum atomic E-state index is 11.6. The molecule has 0 amide bonds. The van der Waals surface area contributed by atoms with E-state index in [1.165, 1.54) is 0 Å². The molecule has 0 bridgehead atoms. The van der Waals surface area contributed by atoms with Gasteiger partial charge in [0.1, 0.15) is 5.54 Å². The van der Waals surface area contributed by atoms with Gasteiger partial charge >= 0.3 is 13.1 Å². The van der Waals surface area contributed by atoms with Crippen LogP contribution in [-0.2, 0) is 4.79 Å². The Morgan fingerprint density at radius 3 is 2.50 bits per heavy atom. The first-order chi connectivity index (χ1) is 9.25. The summed E-state index contributed by atoms with van der Waals surface area (Å²) in [6, 6.07) is 0. The Kier molecular flexibility index (Phi) is 6.45.